The molecule has 3 aromatic rings. The van der Waals surface area contributed by atoms with Crippen LogP contribution in [0.2, 0.25) is 0 Å². The number of rotatable bonds is 8. The molecule has 5 nitrogen and oxygen atoms in total. The van der Waals surface area contributed by atoms with E-state index < -0.39 is 5.97 Å². The average Bonchev–Trinajstić information content (AvgIpc) is 3.15. The molecule has 0 unspecified atom stereocenters. The third-order valence-electron chi connectivity index (χ3n) is 4.64. The Kier molecular flexibility index (Phi) is 5.91. The largest absolute Gasteiger partial charge is 0.496 e. The minimum atomic E-state index is -0.400. The van der Waals surface area contributed by atoms with Crippen LogP contribution in [0.1, 0.15) is 34.8 Å². The SMILES string of the molecule is CCc1cccc2c(C(=O)COC(=O)CCc3ccccc3OC)c[nH]c12. The molecule has 1 heterocycles. The number of methoxy groups -OCH3 is 1. The van der Waals surface area contributed by atoms with Gasteiger partial charge in [-0.1, -0.05) is 43.3 Å². The number of hydrogen-bond acceptors (Lipinski definition) is 4. The quantitative estimate of drug-likeness (QED) is 0.482. The van der Waals surface area contributed by atoms with Gasteiger partial charge >= 0.3 is 5.97 Å². The number of esters is 1. The summed E-state index contributed by atoms with van der Waals surface area (Å²) in [6, 6.07) is 13.4. The van der Waals surface area contributed by atoms with Crippen molar-refractivity contribution >= 4 is 22.7 Å². The van der Waals surface area contributed by atoms with Crippen molar-refractivity contribution in [1.29, 1.82) is 0 Å². The van der Waals surface area contributed by atoms with Gasteiger partial charge in [-0.3, -0.25) is 9.59 Å². The molecule has 0 spiro atoms. The number of benzene rings is 2. The van der Waals surface area contributed by atoms with E-state index in [0.29, 0.717) is 12.0 Å². The third kappa shape index (κ3) is 4.19. The zero-order valence-electron chi connectivity index (χ0n) is 15.6. The van der Waals surface area contributed by atoms with E-state index in [9.17, 15) is 9.59 Å². The van der Waals surface area contributed by atoms with Crippen molar-refractivity contribution < 1.29 is 19.1 Å². The fourth-order valence-corrected chi connectivity index (χ4v) is 3.18. The number of Topliss-reactive ketones (excluding diaryl/α,β-unsaturated/α-hetero) is 1. The second-order valence-corrected chi connectivity index (χ2v) is 6.29. The number of aryl methyl sites for hydroxylation is 2. The van der Waals surface area contributed by atoms with Gasteiger partial charge in [0, 0.05) is 29.1 Å². The predicted octanol–water partition coefficient (Wildman–Crippen LogP) is 4.10. The third-order valence-corrected chi connectivity index (χ3v) is 4.64. The Bertz CT molecular complexity index is 958. The van der Waals surface area contributed by atoms with Gasteiger partial charge in [0.2, 0.25) is 5.78 Å². The summed E-state index contributed by atoms with van der Waals surface area (Å²) in [5, 5.41) is 0.865. The molecule has 3 rings (SSSR count). The van der Waals surface area contributed by atoms with Gasteiger partial charge in [0.05, 0.1) is 7.11 Å². The van der Waals surface area contributed by atoms with Crippen molar-refractivity contribution in [3.8, 4) is 5.75 Å². The number of aromatic amines is 1. The van der Waals surface area contributed by atoms with E-state index in [1.165, 1.54) is 0 Å². The van der Waals surface area contributed by atoms with Gasteiger partial charge in [-0.25, -0.2) is 0 Å². The van der Waals surface area contributed by atoms with Crippen molar-refractivity contribution in [2.75, 3.05) is 13.7 Å². The van der Waals surface area contributed by atoms with Crippen molar-refractivity contribution in [2.24, 2.45) is 0 Å². The van der Waals surface area contributed by atoms with E-state index >= 15 is 0 Å². The summed E-state index contributed by atoms with van der Waals surface area (Å²) in [6.45, 7) is 1.81. The molecule has 27 heavy (non-hydrogen) atoms. The molecule has 0 aliphatic rings. The van der Waals surface area contributed by atoms with Crippen LogP contribution in [0.5, 0.6) is 5.75 Å². The van der Waals surface area contributed by atoms with Crippen LogP contribution in [0.4, 0.5) is 0 Å². The van der Waals surface area contributed by atoms with Crippen LogP contribution in [-0.4, -0.2) is 30.5 Å². The lowest BCUT2D eigenvalue weighted by Gasteiger charge is -2.08. The molecule has 1 N–H and O–H groups in total. The fourth-order valence-electron chi connectivity index (χ4n) is 3.18. The Morgan fingerprint density at radius 3 is 2.59 bits per heavy atom. The monoisotopic (exact) mass is 365 g/mol. The first kappa shape index (κ1) is 18.7. The summed E-state index contributed by atoms with van der Waals surface area (Å²) in [6.07, 6.45) is 3.27. The number of carbonyl (C=O) groups excluding carboxylic acids is 2. The molecule has 1 aromatic heterocycles. The van der Waals surface area contributed by atoms with Gasteiger partial charge < -0.3 is 14.5 Å². The lowest BCUT2D eigenvalue weighted by atomic mass is 10.1. The Morgan fingerprint density at radius 1 is 1.04 bits per heavy atom. The van der Waals surface area contributed by atoms with Crippen LogP contribution in [0.25, 0.3) is 10.9 Å². The zero-order chi connectivity index (χ0) is 19.2. The summed E-state index contributed by atoms with van der Waals surface area (Å²) in [4.78, 5) is 27.7. The van der Waals surface area contributed by atoms with Crippen LogP contribution in [0.15, 0.2) is 48.7 Å². The lowest BCUT2D eigenvalue weighted by Crippen LogP contribution is -2.14. The topological polar surface area (TPSA) is 68.4 Å². The number of carbonyl (C=O) groups is 2. The second kappa shape index (κ2) is 8.54. The predicted molar refractivity (Wildman–Crippen MR) is 104 cm³/mol. The Balaban J connectivity index is 1.58. The molecule has 5 heteroatoms. The number of fused-ring (bicyclic) bond motifs is 1. The molecule has 0 saturated heterocycles. The Hall–Kier alpha value is -3.08. The van der Waals surface area contributed by atoms with Gasteiger partial charge in [-0.05, 0) is 30.0 Å². The molecule has 0 radical (unpaired) electrons. The first-order valence-corrected chi connectivity index (χ1v) is 9.03. The molecule has 0 aliphatic carbocycles. The van der Waals surface area contributed by atoms with E-state index in [-0.39, 0.29) is 18.8 Å². The average molecular weight is 365 g/mol. The maximum Gasteiger partial charge on any atom is 0.306 e. The highest BCUT2D eigenvalue weighted by Crippen LogP contribution is 2.23. The van der Waals surface area contributed by atoms with E-state index in [2.05, 4.69) is 11.9 Å². The van der Waals surface area contributed by atoms with Crippen molar-refractivity contribution in [2.45, 2.75) is 26.2 Å². The Morgan fingerprint density at radius 2 is 1.81 bits per heavy atom. The summed E-state index contributed by atoms with van der Waals surface area (Å²) in [5.41, 5.74) is 3.61. The molecule has 0 aliphatic heterocycles. The minimum absolute atomic E-state index is 0.196. The molecule has 0 fully saturated rings. The highest BCUT2D eigenvalue weighted by molar-refractivity contribution is 6.09. The first-order chi connectivity index (χ1) is 13.1. The number of ether oxygens (including phenoxy) is 2. The van der Waals surface area contributed by atoms with Gasteiger partial charge in [-0.2, -0.15) is 0 Å². The number of aromatic nitrogens is 1. The van der Waals surface area contributed by atoms with Crippen LogP contribution < -0.4 is 4.74 Å². The van der Waals surface area contributed by atoms with E-state index in [0.717, 1.165) is 34.2 Å². The van der Waals surface area contributed by atoms with Crippen molar-refractivity contribution in [1.82, 2.24) is 4.98 Å². The number of ketones is 1. The summed E-state index contributed by atoms with van der Waals surface area (Å²) >= 11 is 0. The molecule has 0 bridgehead atoms. The number of nitrogens with one attached hydrogen (secondary N) is 1. The van der Waals surface area contributed by atoms with Crippen molar-refractivity contribution in [3.63, 3.8) is 0 Å². The fraction of sp³-hybridized carbons (Fsp3) is 0.273. The van der Waals surface area contributed by atoms with Crippen LogP contribution in [0.3, 0.4) is 0 Å². The highest BCUT2D eigenvalue weighted by Gasteiger charge is 2.16. The molecular formula is C22H23NO4. The molecule has 0 amide bonds. The van der Waals surface area contributed by atoms with Gasteiger partial charge in [0.1, 0.15) is 5.75 Å². The molecule has 2 aromatic carbocycles. The minimum Gasteiger partial charge on any atom is -0.496 e. The normalized spacial score (nSPS) is 10.7. The molecule has 0 saturated carbocycles. The van der Waals surface area contributed by atoms with E-state index in [1.807, 2.05) is 42.5 Å². The smallest absolute Gasteiger partial charge is 0.306 e. The summed E-state index contributed by atoms with van der Waals surface area (Å²) in [5.74, 6) is 0.135. The number of para-hydroxylation sites is 2. The summed E-state index contributed by atoms with van der Waals surface area (Å²) < 4.78 is 10.5. The van der Waals surface area contributed by atoms with Gasteiger partial charge in [0.25, 0.3) is 0 Å². The maximum absolute atomic E-state index is 12.5. The number of hydrogen-bond donors (Lipinski definition) is 1. The molecule has 140 valence electrons. The second-order valence-electron chi connectivity index (χ2n) is 6.29. The zero-order valence-corrected chi connectivity index (χ0v) is 15.6. The van der Waals surface area contributed by atoms with Crippen molar-refractivity contribution in [3.05, 3.63) is 65.4 Å². The van der Waals surface area contributed by atoms with Gasteiger partial charge in [-0.15, -0.1) is 0 Å². The standard InChI is InChI=1S/C22H23NO4/c1-3-15-8-6-9-17-18(13-23-22(15)17)19(24)14-27-21(25)12-11-16-7-4-5-10-20(16)26-2/h4-10,13,23H,3,11-12,14H2,1-2H3. The first-order valence-electron chi connectivity index (χ1n) is 9.03. The van der Waals surface area contributed by atoms with Crippen LogP contribution in [0, 0.1) is 0 Å². The lowest BCUT2D eigenvalue weighted by molar-refractivity contribution is -0.142. The molecule has 0 atom stereocenters. The maximum atomic E-state index is 12.5. The van der Waals surface area contributed by atoms with Crippen LogP contribution >= 0.6 is 0 Å². The van der Waals surface area contributed by atoms with E-state index in [1.54, 1.807) is 13.3 Å². The van der Waals surface area contributed by atoms with Gasteiger partial charge in [0.15, 0.2) is 6.61 Å². The highest BCUT2D eigenvalue weighted by atomic mass is 16.5. The van der Waals surface area contributed by atoms with E-state index in [4.69, 9.17) is 9.47 Å². The number of H-pyrrole nitrogens is 1. The summed E-state index contributed by atoms with van der Waals surface area (Å²) in [7, 11) is 1.60. The van der Waals surface area contributed by atoms with Crippen LogP contribution in [-0.2, 0) is 22.4 Å². The molecular weight excluding hydrogens is 342 g/mol. The Labute approximate surface area is 158 Å².